The van der Waals surface area contributed by atoms with Gasteiger partial charge in [0.05, 0.1) is 10.6 Å². The van der Waals surface area contributed by atoms with E-state index in [-0.39, 0.29) is 4.90 Å². The SMILES string of the molecule is CN(c1cccc(/C(=C\C(=O)NO)c2ccccc2)c1)S(=O)(=O)c1ccc(N)cc1. The minimum Gasteiger partial charge on any atom is -0.399 e. The number of sulfonamides is 1. The number of rotatable bonds is 6. The Bertz CT molecular complexity index is 1170. The van der Waals surface area contributed by atoms with Crippen molar-refractivity contribution >= 4 is 32.9 Å². The maximum Gasteiger partial charge on any atom is 0.267 e. The van der Waals surface area contributed by atoms with Crippen molar-refractivity contribution < 1.29 is 18.4 Å². The van der Waals surface area contributed by atoms with Crippen LogP contribution in [-0.4, -0.2) is 26.6 Å². The van der Waals surface area contributed by atoms with Crippen molar-refractivity contribution in [2.75, 3.05) is 17.1 Å². The minimum atomic E-state index is -3.80. The Morgan fingerprint density at radius 3 is 2.23 bits per heavy atom. The second kappa shape index (κ2) is 8.81. The Morgan fingerprint density at radius 2 is 1.60 bits per heavy atom. The largest absolute Gasteiger partial charge is 0.399 e. The minimum absolute atomic E-state index is 0.114. The van der Waals surface area contributed by atoms with Crippen molar-refractivity contribution in [1.29, 1.82) is 0 Å². The van der Waals surface area contributed by atoms with Gasteiger partial charge in [-0.15, -0.1) is 0 Å². The highest BCUT2D eigenvalue weighted by Crippen LogP contribution is 2.29. The van der Waals surface area contributed by atoms with Gasteiger partial charge < -0.3 is 5.73 Å². The number of carbonyl (C=O) groups excluding carboxylic acids is 1. The van der Waals surface area contributed by atoms with E-state index >= 15 is 0 Å². The monoisotopic (exact) mass is 423 g/mol. The number of amides is 1. The molecular weight excluding hydrogens is 402 g/mol. The summed E-state index contributed by atoms with van der Waals surface area (Å²) in [7, 11) is -2.35. The third-order valence-electron chi connectivity index (χ3n) is 4.53. The van der Waals surface area contributed by atoms with Crippen LogP contribution in [0.25, 0.3) is 5.57 Å². The van der Waals surface area contributed by atoms with Crippen LogP contribution in [0.5, 0.6) is 0 Å². The fourth-order valence-electron chi connectivity index (χ4n) is 2.92. The number of anilines is 2. The van der Waals surface area contributed by atoms with Crippen LogP contribution in [0.15, 0.2) is 89.8 Å². The molecule has 0 heterocycles. The Labute approximate surface area is 175 Å². The zero-order chi connectivity index (χ0) is 21.7. The lowest BCUT2D eigenvalue weighted by molar-refractivity contribution is -0.124. The van der Waals surface area contributed by atoms with Gasteiger partial charge in [-0.2, -0.15) is 0 Å². The number of hydrogen-bond acceptors (Lipinski definition) is 5. The average Bonchev–Trinajstić information content (AvgIpc) is 2.77. The van der Waals surface area contributed by atoms with Crippen LogP contribution in [0.3, 0.4) is 0 Å². The Balaban J connectivity index is 2.04. The number of hydrogen-bond donors (Lipinski definition) is 3. The first-order valence-electron chi connectivity index (χ1n) is 8.99. The first-order chi connectivity index (χ1) is 14.3. The van der Waals surface area contributed by atoms with Crippen molar-refractivity contribution in [3.63, 3.8) is 0 Å². The van der Waals surface area contributed by atoms with Crippen LogP contribution in [0.4, 0.5) is 11.4 Å². The van der Waals surface area contributed by atoms with E-state index in [0.717, 1.165) is 9.87 Å². The molecule has 0 saturated heterocycles. The van der Waals surface area contributed by atoms with Gasteiger partial charge in [-0.05, 0) is 53.1 Å². The second-order valence-electron chi connectivity index (χ2n) is 6.49. The summed E-state index contributed by atoms with van der Waals surface area (Å²) in [6.07, 6.45) is 1.25. The van der Waals surface area contributed by atoms with Crippen LogP contribution < -0.4 is 15.5 Å². The van der Waals surface area contributed by atoms with Crippen molar-refractivity contribution in [3.8, 4) is 0 Å². The summed E-state index contributed by atoms with van der Waals surface area (Å²) in [5.74, 6) is -0.692. The normalized spacial score (nSPS) is 11.7. The van der Waals surface area contributed by atoms with Gasteiger partial charge in [0.15, 0.2) is 0 Å². The Morgan fingerprint density at radius 1 is 0.967 bits per heavy atom. The number of carbonyl (C=O) groups is 1. The molecule has 8 heteroatoms. The highest BCUT2D eigenvalue weighted by Gasteiger charge is 2.22. The summed E-state index contributed by atoms with van der Waals surface area (Å²) in [6.45, 7) is 0. The maximum atomic E-state index is 13.0. The Hall–Kier alpha value is -3.62. The molecule has 0 radical (unpaired) electrons. The molecule has 0 spiro atoms. The number of nitrogens with one attached hydrogen (secondary N) is 1. The van der Waals surface area contributed by atoms with Crippen LogP contribution >= 0.6 is 0 Å². The summed E-state index contributed by atoms with van der Waals surface area (Å²) in [5, 5.41) is 8.93. The fourth-order valence-corrected chi connectivity index (χ4v) is 4.11. The molecule has 3 aromatic carbocycles. The van der Waals surface area contributed by atoms with E-state index in [0.29, 0.717) is 22.5 Å². The van der Waals surface area contributed by atoms with E-state index in [1.54, 1.807) is 29.7 Å². The van der Waals surface area contributed by atoms with E-state index in [4.69, 9.17) is 10.9 Å². The zero-order valence-electron chi connectivity index (χ0n) is 16.2. The van der Waals surface area contributed by atoms with Crippen LogP contribution in [-0.2, 0) is 14.8 Å². The number of nitrogens with zero attached hydrogens (tertiary/aromatic N) is 1. The van der Waals surface area contributed by atoms with E-state index in [1.165, 1.54) is 37.4 Å². The summed E-state index contributed by atoms with van der Waals surface area (Å²) >= 11 is 0. The molecule has 0 aromatic heterocycles. The summed E-state index contributed by atoms with van der Waals surface area (Å²) in [4.78, 5) is 11.9. The molecule has 154 valence electrons. The number of nitrogens with two attached hydrogens (primary N) is 1. The van der Waals surface area contributed by atoms with Crippen molar-refractivity contribution in [3.05, 3.63) is 96.1 Å². The molecule has 3 rings (SSSR count). The molecule has 30 heavy (non-hydrogen) atoms. The van der Waals surface area contributed by atoms with E-state index in [2.05, 4.69) is 0 Å². The predicted molar refractivity (Wildman–Crippen MR) is 116 cm³/mol. The molecule has 0 aliphatic rings. The molecule has 1 amide bonds. The van der Waals surface area contributed by atoms with Crippen LogP contribution in [0, 0.1) is 0 Å². The lowest BCUT2D eigenvalue weighted by Crippen LogP contribution is -2.26. The molecule has 7 nitrogen and oxygen atoms in total. The van der Waals surface area contributed by atoms with Crippen LogP contribution in [0.1, 0.15) is 11.1 Å². The smallest absolute Gasteiger partial charge is 0.267 e. The highest BCUT2D eigenvalue weighted by atomic mass is 32.2. The molecule has 0 aliphatic carbocycles. The van der Waals surface area contributed by atoms with Gasteiger partial charge in [-0.25, -0.2) is 13.9 Å². The van der Waals surface area contributed by atoms with Crippen molar-refractivity contribution in [2.24, 2.45) is 0 Å². The third kappa shape index (κ3) is 4.51. The van der Waals surface area contributed by atoms with Crippen LogP contribution in [0.2, 0.25) is 0 Å². The average molecular weight is 423 g/mol. The molecule has 0 saturated carbocycles. The first kappa shape index (κ1) is 21.1. The third-order valence-corrected chi connectivity index (χ3v) is 6.33. The molecular formula is C22H21N3O4S. The number of nitrogen functional groups attached to an aromatic ring is 1. The number of hydroxylamine groups is 1. The standard InChI is InChI=1S/C22H21N3O4S/c1-25(30(28,29)20-12-10-18(23)11-13-20)19-9-5-8-17(14-19)21(15-22(26)24-27)16-6-3-2-4-7-16/h2-15,27H,23H2,1H3,(H,24,26)/b21-15-. The molecule has 3 aromatic rings. The van der Waals surface area contributed by atoms with Gasteiger partial charge in [0.2, 0.25) is 0 Å². The zero-order valence-corrected chi connectivity index (χ0v) is 17.0. The fraction of sp³-hybridized carbons (Fsp3) is 0.0455. The summed E-state index contributed by atoms with van der Waals surface area (Å²) < 4.78 is 27.1. The quantitative estimate of drug-likeness (QED) is 0.244. The molecule has 0 aliphatic heterocycles. The lowest BCUT2D eigenvalue weighted by atomic mass is 9.97. The Kier molecular flexibility index (Phi) is 6.20. The first-order valence-corrected chi connectivity index (χ1v) is 10.4. The van der Waals surface area contributed by atoms with E-state index in [1.807, 2.05) is 30.3 Å². The lowest BCUT2D eigenvalue weighted by Gasteiger charge is -2.21. The molecule has 0 atom stereocenters. The van der Waals surface area contributed by atoms with E-state index < -0.39 is 15.9 Å². The van der Waals surface area contributed by atoms with E-state index in [9.17, 15) is 13.2 Å². The van der Waals surface area contributed by atoms with Gasteiger partial charge in [0.1, 0.15) is 0 Å². The van der Waals surface area contributed by atoms with Gasteiger partial charge in [0.25, 0.3) is 15.9 Å². The van der Waals surface area contributed by atoms with Gasteiger partial charge in [-0.3, -0.25) is 14.3 Å². The van der Waals surface area contributed by atoms with Gasteiger partial charge in [0, 0.05) is 18.8 Å². The molecule has 0 bridgehead atoms. The molecule has 0 unspecified atom stereocenters. The predicted octanol–water partition coefficient (Wildman–Crippen LogP) is 3.03. The van der Waals surface area contributed by atoms with Gasteiger partial charge >= 0.3 is 0 Å². The molecule has 4 N–H and O–H groups in total. The van der Waals surface area contributed by atoms with Gasteiger partial charge in [-0.1, -0.05) is 42.5 Å². The highest BCUT2D eigenvalue weighted by molar-refractivity contribution is 7.92. The number of benzene rings is 3. The maximum absolute atomic E-state index is 13.0. The summed E-state index contributed by atoms with van der Waals surface area (Å²) in [6, 6.07) is 21.9. The molecule has 0 fully saturated rings. The van der Waals surface area contributed by atoms with Crippen molar-refractivity contribution in [2.45, 2.75) is 4.90 Å². The second-order valence-corrected chi connectivity index (χ2v) is 8.46. The topological polar surface area (TPSA) is 113 Å². The summed E-state index contributed by atoms with van der Waals surface area (Å²) in [5.41, 5.74) is 10.0. The van der Waals surface area contributed by atoms with Crippen molar-refractivity contribution in [1.82, 2.24) is 5.48 Å².